The first-order valence-electron chi connectivity index (χ1n) is 6.07. The third-order valence-electron chi connectivity index (χ3n) is 3.25. The van der Waals surface area contributed by atoms with Crippen LogP contribution in [0.15, 0.2) is 18.2 Å². The van der Waals surface area contributed by atoms with Crippen LogP contribution in [0.3, 0.4) is 0 Å². The lowest BCUT2D eigenvalue weighted by Crippen LogP contribution is -2.54. The first kappa shape index (κ1) is 17.0. The van der Waals surface area contributed by atoms with Gasteiger partial charge in [0.1, 0.15) is 11.3 Å². The molecule has 0 unspecified atom stereocenters. The molecule has 0 saturated carbocycles. The highest BCUT2D eigenvalue weighted by atomic mass is 35.5. The Labute approximate surface area is 129 Å². The number of carbonyl (C=O) groups is 1. The smallest absolute Gasteiger partial charge is 0.244 e. The van der Waals surface area contributed by atoms with Gasteiger partial charge in [0.25, 0.3) is 0 Å². The molecule has 0 aromatic heterocycles. The number of hydrogen-bond donors (Lipinski definition) is 2. The molecule has 1 fully saturated rings. The predicted molar refractivity (Wildman–Crippen MR) is 80.9 cm³/mol. The summed E-state index contributed by atoms with van der Waals surface area (Å²) >= 11 is 5.93. The Morgan fingerprint density at radius 1 is 1.45 bits per heavy atom. The number of anilines is 1. The zero-order valence-electron chi connectivity index (χ0n) is 11.1. The molecule has 1 heterocycles. The second-order valence-electron chi connectivity index (χ2n) is 4.57. The summed E-state index contributed by atoms with van der Waals surface area (Å²) in [6, 6.07) is 5.05. The van der Waals surface area contributed by atoms with Crippen molar-refractivity contribution in [2.75, 3.05) is 25.6 Å². The number of halogens is 2. The largest absolute Gasteiger partial charge is 0.495 e. The number of nitrogens with two attached hydrogens (primary N) is 1. The summed E-state index contributed by atoms with van der Waals surface area (Å²) in [6.45, 7) is 1.02. The fourth-order valence-corrected chi connectivity index (χ4v) is 2.15. The zero-order valence-corrected chi connectivity index (χ0v) is 12.7. The van der Waals surface area contributed by atoms with Gasteiger partial charge in [0.2, 0.25) is 5.91 Å². The molecule has 3 N–H and O–H groups in total. The average molecular weight is 321 g/mol. The molecule has 1 aromatic rings. The van der Waals surface area contributed by atoms with Gasteiger partial charge in [-0.05, 0) is 25.0 Å². The van der Waals surface area contributed by atoms with Crippen molar-refractivity contribution in [3.8, 4) is 5.75 Å². The number of ether oxygens (including phenoxy) is 2. The van der Waals surface area contributed by atoms with E-state index in [9.17, 15) is 4.79 Å². The normalized spacial score (nSPS) is 16.9. The summed E-state index contributed by atoms with van der Waals surface area (Å²) in [5.41, 5.74) is 5.85. The second kappa shape index (κ2) is 7.13. The van der Waals surface area contributed by atoms with Crippen LogP contribution in [0, 0.1) is 0 Å². The number of benzene rings is 1. The molecule has 1 aliphatic heterocycles. The van der Waals surface area contributed by atoms with Crippen LogP contribution in [-0.4, -0.2) is 31.8 Å². The maximum absolute atomic E-state index is 12.2. The number of methoxy groups -OCH3 is 1. The van der Waals surface area contributed by atoms with E-state index >= 15 is 0 Å². The lowest BCUT2D eigenvalue weighted by molar-refractivity contribution is -0.124. The third-order valence-corrected chi connectivity index (χ3v) is 3.56. The number of nitrogens with one attached hydrogen (secondary N) is 1. The molecule has 1 saturated heterocycles. The van der Waals surface area contributed by atoms with Gasteiger partial charge < -0.3 is 20.5 Å². The SMILES string of the molecule is COc1cc(NC(=O)C2(N)CCOCC2)ccc1Cl.Cl. The summed E-state index contributed by atoms with van der Waals surface area (Å²) in [6.07, 6.45) is 1.03. The highest BCUT2D eigenvalue weighted by molar-refractivity contribution is 6.32. The molecule has 7 heteroatoms. The van der Waals surface area contributed by atoms with Gasteiger partial charge in [-0.1, -0.05) is 11.6 Å². The van der Waals surface area contributed by atoms with E-state index < -0.39 is 5.54 Å². The molecule has 0 spiro atoms. The maximum Gasteiger partial charge on any atom is 0.244 e. The summed E-state index contributed by atoms with van der Waals surface area (Å²) in [5, 5.41) is 3.29. The van der Waals surface area contributed by atoms with Crippen LogP contribution in [-0.2, 0) is 9.53 Å². The van der Waals surface area contributed by atoms with Crippen LogP contribution in [0.1, 0.15) is 12.8 Å². The van der Waals surface area contributed by atoms with Gasteiger partial charge in [0.05, 0.1) is 12.1 Å². The molecule has 0 atom stereocenters. The van der Waals surface area contributed by atoms with Crippen molar-refractivity contribution in [3.63, 3.8) is 0 Å². The molecule has 0 aliphatic carbocycles. The summed E-state index contributed by atoms with van der Waals surface area (Å²) in [5.74, 6) is 0.303. The van der Waals surface area contributed by atoms with Crippen molar-refractivity contribution < 1.29 is 14.3 Å². The number of carbonyl (C=O) groups excluding carboxylic acids is 1. The van der Waals surface area contributed by atoms with Crippen LogP contribution < -0.4 is 15.8 Å². The molecular formula is C13H18Cl2N2O3. The monoisotopic (exact) mass is 320 g/mol. The summed E-state index contributed by atoms with van der Waals surface area (Å²) in [7, 11) is 1.52. The Hall–Kier alpha value is -1.01. The molecule has 0 bridgehead atoms. The van der Waals surface area contributed by atoms with Crippen molar-refractivity contribution in [2.24, 2.45) is 5.73 Å². The standard InChI is InChI=1S/C13H17ClN2O3.ClH/c1-18-11-8-9(2-3-10(11)14)16-12(17)13(15)4-6-19-7-5-13;/h2-3,8H,4-7,15H2,1H3,(H,16,17);1H. The van der Waals surface area contributed by atoms with Crippen molar-refractivity contribution in [2.45, 2.75) is 18.4 Å². The first-order valence-corrected chi connectivity index (χ1v) is 6.44. The van der Waals surface area contributed by atoms with E-state index in [1.165, 1.54) is 7.11 Å². The summed E-state index contributed by atoms with van der Waals surface area (Å²) < 4.78 is 10.3. The third kappa shape index (κ3) is 3.76. The van der Waals surface area contributed by atoms with Gasteiger partial charge in [0.15, 0.2) is 0 Å². The van der Waals surface area contributed by atoms with Crippen molar-refractivity contribution in [1.29, 1.82) is 0 Å². The second-order valence-corrected chi connectivity index (χ2v) is 4.98. The Morgan fingerprint density at radius 3 is 2.70 bits per heavy atom. The van der Waals surface area contributed by atoms with Gasteiger partial charge in [-0.2, -0.15) is 0 Å². The molecule has 2 rings (SSSR count). The molecule has 1 aromatic carbocycles. The average Bonchev–Trinajstić information content (AvgIpc) is 2.41. The van der Waals surface area contributed by atoms with Crippen molar-refractivity contribution >= 4 is 35.6 Å². The molecule has 0 radical (unpaired) electrons. The van der Waals surface area contributed by atoms with Gasteiger partial charge in [-0.3, -0.25) is 4.79 Å². The van der Waals surface area contributed by atoms with E-state index in [2.05, 4.69) is 5.32 Å². The molecule has 1 amide bonds. The lowest BCUT2D eigenvalue weighted by atomic mass is 9.90. The van der Waals surface area contributed by atoms with E-state index in [4.69, 9.17) is 26.8 Å². The van der Waals surface area contributed by atoms with Crippen LogP contribution >= 0.6 is 24.0 Å². The predicted octanol–water partition coefficient (Wildman–Crippen LogP) is 2.22. The molecule has 5 nitrogen and oxygen atoms in total. The van der Waals surface area contributed by atoms with E-state index in [1.54, 1.807) is 18.2 Å². The molecule has 20 heavy (non-hydrogen) atoms. The van der Waals surface area contributed by atoms with Crippen LogP contribution in [0.2, 0.25) is 5.02 Å². The Kier molecular flexibility index (Phi) is 6.07. The Balaban J connectivity index is 0.00000200. The molecule has 112 valence electrons. The highest BCUT2D eigenvalue weighted by Crippen LogP contribution is 2.28. The number of rotatable bonds is 3. The minimum absolute atomic E-state index is 0. The maximum atomic E-state index is 12.2. The van der Waals surface area contributed by atoms with E-state index in [1.807, 2.05) is 0 Å². The summed E-state index contributed by atoms with van der Waals surface area (Å²) in [4.78, 5) is 12.2. The highest BCUT2D eigenvalue weighted by Gasteiger charge is 2.35. The minimum Gasteiger partial charge on any atom is -0.495 e. The first-order chi connectivity index (χ1) is 9.05. The van der Waals surface area contributed by atoms with Crippen LogP contribution in [0.4, 0.5) is 5.69 Å². The van der Waals surface area contributed by atoms with E-state index in [0.717, 1.165) is 0 Å². The number of hydrogen-bond acceptors (Lipinski definition) is 4. The Morgan fingerprint density at radius 2 is 2.10 bits per heavy atom. The van der Waals surface area contributed by atoms with E-state index in [-0.39, 0.29) is 18.3 Å². The van der Waals surface area contributed by atoms with Crippen LogP contribution in [0.25, 0.3) is 0 Å². The molecular weight excluding hydrogens is 303 g/mol. The minimum atomic E-state index is -0.870. The van der Waals surface area contributed by atoms with Gasteiger partial charge >= 0.3 is 0 Å². The lowest BCUT2D eigenvalue weighted by Gasteiger charge is -2.31. The quantitative estimate of drug-likeness (QED) is 0.895. The van der Waals surface area contributed by atoms with Crippen molar-refractivity contribution in [3.05, 3.63) is 23.2 Å². The van der Waals surface area contributed by atoms with Crippen molar-refractivity contribution in [1.82, 2.24) is 0 Å². The van der Waals surface area contributed by atoms with Crippen LogP contribution in [0.5, 0.6) is 5.75 Å². The van der Waals surface area contributed by atoms with Gasteiger partial charge in [0, 0.05) is 25.0 Å². The molecule has 1 aliphatic rings. The fourth-order valence-electron chi connectivity index (χ4n) is 1.96. The number of amides is 1. The topological polar surface area (TPSA) is 73.6 Å². The zero-order chi connectivity index (χ0) is 13.9. The fraction of sp³-hybridized carbons (Fsp3) is 0.462. The van der Waals surface area contributed by atoms with E-state index in [0.29, 0.717) is 42.5 Å². The van der Waals surface area contributed by atoms with Gasteiger partial charge in [-0.15, -0.1) is 12.4 Å². The van der Waals surface area contributed by atoms with Gasteiger partial charge in [-0.25, -0.2) is 0 Å². The Bertz CT molecular complexity index is 477.